The van der Waals surface area contributed by atoms with Crippen LogP contribution in [0.25, 0.3) is 0 Å². The van der Waals surface area contributed by atoms with Crippen molar-refractivity contribution in [3.63, 3.8) is 0 Å². The van der Waals surface area contributed by atoms with Crippen molar-refractivity contribution in [2.24, 2.45) is 0 Å². The number of allylic oxidation sites excluding steroid dienone is 6. The minimum absolute atomic E-state index is 2.50. The molecule has 1 rings (SSSR count). The van der Waals surface area contributed by atoms with Gasteiger partial charge in [-0.15, -0.1) is 0 Å². The molecule has 0 radical (unpaired) electrons. The van der Waals surface area contributed by atoms with Crippen molar-refractivity contribution in [2.75, 3.05) is 0 Å². The van der Waals surface area contributed by atoms with Crippen molar-refractivity contribution < 1.29 is 83.8 Å². The Hall–Kier alpha value is -2.24. The molecule has 19 heteroatoms. The summed E-state index contributed by atoms with van der Waals surface area (Å²) in [5.74, 6) is -8.86. The van der Waals surface area contributed by atoms with Crippen molar-refractivity contribution in [2.45, 2.75) is 37.1 Å². The second-order valence-corrected chi connectivity index (χ2v) is 5.25. The number of halogens is 18. The second kappa shape index (κ2) is 7.14. The van der Waals surface area contributed by atoms with Gasteiger partial charge >= 0.3 is 37.1 Å². The monoisotopic (exact) mass is 502 g/mol. The maximum atomic E-state index is 13.0. The average molecular weight is 502 g/mol. The SMILES string of the molecule is FC(F)(F)C1=C(C(F)(F)F)C(C(F)(F)F)=C(C(F)(F)F)C(C(F)(F)F)=C(C(F)(F)F)O1. The fraction of sp³-hybridized carbons (Fsp3) is 0.500. The quantitative estimate of drug-likeness (QED) is 0.319. The number of hydrogen-bond donors (Lipinski definition) is 0. The summed E-state index contributed by atoms with van der Waals surface area (Å²) in [5.41, 5.74) is -18.6. The lowest BCUT2D eigenvalue weighted by atomic mass is 9.91. The zero-order valence-corrected chi connectivity index (χ0v) is 13.2. The molecule has 0 atom stereocenters. The summed E-state index contributed by atoms with van der Waals surface area (Å²) in [6.45, 7) is 0. The first-order chi connectivity index (χ1) is 13.2. The van der Waals surface area contributed by atoms with Crippen molar-refractivity contribution in [1.82, 2.24) is 0 Å². The van der Waals surface area contributed by atoms with Crippen molar-refractivity contribution >= 4 is 0 Å². The molecule has 0 unspecified atom stereocenters. The molecule has 1 aliphatic rings. The van der Waals surface area contributed by atoms with Gasteiger partial charge in [0.25, 0.3) is 0 Å². The molecule has 0 spiro atoms. The molecule has 0 aromatic carbocycles. The predicted molar refractivity (Wildman–Crippen MR) is 58.5 cm³/mol. The molecule has 0 aromatic rings. The Morgan fingerprint density at radius 1 is 0.290 bits per heavy atom. The highest BCUT2D eigenvalue weighted by molar-refractivity contribution is 5.57. The Kier molecular flexibility index (Phi) is 6.17. The first kappa shape index (κ1) is 26.8. The molecule has 0 saturated heterocycles. The van der Waals surface area contributed by atoms with Gasteiger partial charge in [-0.25, -0.2) is 0 Å². The maximum absolute atomic E-state index is 13.0. The number of hydrogen-bond acceptors (Lipinski definition) is 1. The molecule has 0 amide bonds. The van der Waals surface area contributed by atoms with Gasteiger partial charge in [-0.3, -0.25) is 0 Å². The fourth-order valence-electron chi connectivity index (χ4n) is 2.19. The van der Waals surface area contributed by atoms with Crippen LogP contribution in [-0.4, -0.2) is 37.1 Å². The lowest BCUT2D eigenvalue weighted by Gasteiger charge is -2.24. The van der Waals surface area contributed by atoms with Crippen molar-refractivity contribution in [3.05, 3.63) is 33.8 Å². The van der Waals surface area contributed by atoms with Gasteiger partial charge in [0, 0.05) is 0 Å². The lowest BCUT2D eigenvalue weighted by molar-refractivity contribution is -0.172. The van der Waals surface area contributed by atoms with Crippen LogP contribution in [0.1, 0.15) is 0 Å². The number of ether oxygens (including phenoxy) is 1. The van der Waals surface area contributed by atoms with E-state index >= 15 is 0 Å². The van der Waals surface area contributed by atoms with Crippen molar-refractivity contribution in [1.29, 1.82) is 0 Å². The molecule has 0 saturated carbocycles. The minimum atomic E-state index is -7.33. The molecule has 0 aliphatic carbocycles. The average Bonchev–Trinajstić information content (AvgIpc) is 2.58. The number of rotatable bonds is 0. The van der Waals surface area contributed by atoms with Crippen LogP contribution in [0.5, 0.6) is 0 Å². The van der Waals surface area contributed by atoms with E-state index in [2.05, 4.69) is 4.74 Å². The molecule has 0 aromatic heterocycles. The Labute approximate surface area is 156 Å². The lowest BCUT2D eigenvalue weighted by Crippen LogP contribution is -2.34. The van der Waals surface area contributed by atoms with Gasteiger partial charge in [0.2, 0.25) is 11.5 Å². The highest BCUT2D eigenvalue weighted by Crippen LogP contribution is 2.57. The summed E-state index contributed by atoms with van der Waals surface area (Å²) in [6, 6.07) is 0. The first-order valence-corrected chi connectivity index (χ1v) is 6.56. The van der Waals surface area contributed by atoms with Crippen LogP contribution >= 0.6 is 0 Å². The van der Waals surface area contributed by atoms with Crippen LogP contribution < -0.4 is 0 Å². The first-order valence-electron chi connectivity index (χ1n) is 6.56. The maximum Gasteiger partial charge on any atom is 0.450 e. The van der Waals surface area contributed by atoms with Crippen LogP contribution in [0.15, 0.2) is 33.8 Å². The highest BCUT2D eigenvalue weighted by atomic mass is 19.4. The van der Waals surface area contributed by atoms with Gasteiger partial charge in [0.1, 0.15) is 11.1 Å². The Morgan fingerprint density at radius 2 is 0.484 bits per heavy atom. The van der Waals surface area contributed by atoms with E-state index in [4.69, 9.17) is 0 Å². The molecular formula is C12F18O. The molecule has 1 aliphatic heterocycles. The largest absolute Gasteiger partial charge is 0.450 e. The normalized spacial score (nSPS) is 18.5. The molecule has 0 bridgehead atoms. The zero-order valence-electron chi connectivity index (χ0n) is 13.2. The summed E-state index contributed by atoms with van der Waals surface area (Å²) in [7, 11) is 0. The Morgan fingerprint density at radius 3 is 0.613 bits per heavy atom. The van der Waals surface area contributed by atoms with Gasteiger partial charge in [-0.1, -0.05) is 0 Å². The van der Waals surface area contributed by atoms with Gasteiger partial charge < -0.3 is 4.74 Å². The van der Waals surface area contributed by atoms with E-state index in [1.165, 1.54) is 0 Å². The van der Waals surface area contributed by atoms with E-state index in [-0.39, 0.29) is 0 Å². The zero-order chi connectivity index (χ0) is 25.2. The van der Waals surface area contributed by atoms with E-state index < -0.39 is 70.9 Å². The standard InChI is InChI=1S/C12F18O/c13-7(14,15)1-2(8(16,17)18)4(10(22,23)24)6(12(28,29)30)31-5(11(25,26)27)3(1)9(19,20)21. The van der Waals surface area contributed by atoms with Gasteiger partial charge in [0.05, 0.1) is 11.1 Å². The molecule has 0 fully saturated rings. The molecule has 180 valence electrons. The van der Waals surface area contributed by atoms with Crippen LogP contribution in [0.4, 0.5) is 79.0 Å². The molecule has 1 nitrogen and oxygen atoms in total. The second-order valence-electron chi connectivity index (χ2n) is 5.25. The van der Waals surface area contributed by atoms with E-state index in [9.17, 15) is 79.0 Å². The summed E-state index contributed by atoms with van der Waals surface area (Å²) in [4.78, 5) is 0. The van der Waals surface area contributed by atoms with Gasteiger partial charge in [0.15, 0.2) is 0 Å². The predicted octanol–water partition coefficient (Wildman–Crippen LogP) is 7.20. The third kappa shape index (κ3) is 5.52. The van der Waals surface area contributed by atoms with Gasteiger partial charge in [-0.2, -0.15) is 79.0 Å². The summed E-state index contributed by atoms with van der Waals surface area (Å²) in [6.07, 6.45) is -43.2. The van der Waals surface area contributed by atoms with E-state index in [0.717, 1.165) is 0 Å². The van der Waals surface area contributed by atoms with E-state index in [0.29, 0.717) is 0 Å². The number of alkyl halides is 18. The third-order valence-corrected chi connectivity index (χ3v) is 3.06. The summed E-state index contributed by atoms with van der Waals surface area (Å²) in [5, 5.41) is 0. The van der Waals surface area contributed by atoms with Crippen LogP contribution in [0.3, 0.4) is 0 Å². The fourth-order valence-corrected chi connectivity index (χ4v) is 2.19. The van der Waals surface area contributed by atoms with Crippen molar-refractivity contribution in [3.8, 4) is 0 Å². The smallest absolute Gasteiger partial charge is 0.446 e. The summed E-state index contributed by atoms with van der Waals surface area (Å²) < 4.78 is 236. The van der Waals surface area contributed by atoms with Crippen LogP contribution in [0, 0.1) is 0 Å². The molecular weight excluding hydrogens is 502 g/mol. The van der Waals surface area contributed by atoms with Gasteiger partial charge in [-0.05, 0) is 0 Å². The van der Waals surface area contributed by atoms with Crippen LogP contribution in [-0.2, 0) is 4.74 Å². The highest BCUT2D eigenvalue weighted by Gasteiger charge is 2.65. The molecule has 31 heavy (non-hydrogen) atoms. The van der Waals surface area contributed by atoms with E-state index in [1.807, 2.05) is 0 Å². The Bertz CT molecular complexity index is 745. The molecule has 0 N–H and O–H groups in total. The summed E-state index contributed by atoms with van der Waals surface area (Å²) >= 11 is 0. The van der Waals surface area contributed by atoms with Crippen LogP contribution in [0.2, 0.25) is 0 Å². The minimum Gasteiger partial charge on any atom is -0.446 e. The van der Waals surface area contributed by atoms with E-state index in [1.54, 1.807) is 0 Å². The third-order valence-electron chi connectivity index (χ3n) is 3.06. The Balaban J connectivity index is 4.66. The molecule has 1 heterocycles. The topological polar surface area (TPSA) is 9.23 Å².